The second-order valence-corrected chi connectivity index (χ2v) is 5.82. The van der Waals surface area contributed by atoms with Crippen molar-refractivity contribution in [1.29, 1.82) is 0 Å². The SMILES string of the molecule is CC(C)C1C2COCC2CCN1C(C)C. The fraction of sp³-hybridized carbons (Fsp3) is 1.00. The Morgan fingerprint density at radius 3 is 2.47 bits per heavy atom. The van der Waals surface area contributed by atoms with Gasteiger partial charge in [0.25, 0.3) is 0 Å². The molecule has 3 unspecified atom stereocenters. The van der Waals surface area contributed by atoms with Gasteiger partial charge in [-0.05, 0) is 38.6 Å². The Bertz CT molecular complexity index is 213. The van der Waals surface area contributed by atoms with Gasteiger partial charge in [-0.25, -0.2) is 0 Å². The third-order valence-corrected chi connectivity index (χ3v) is 4.17. The smallest absolute Gasteiger partial charge is 0.0513 e. The molecular formula is C13H25NO. The number of ether oxygens (including phenoxy) is 1. The maximum atomic E-state index is 5.67. The first kappa shape index (κ1) is 11.4. The van der Waals surface area contributed by atoms with E-state index >= 15 is 0 Å². The van der Waals surface area contributed by atoms with E-state index in [2.05, 4.69) is 32.6 Å². The number of hydrogen-bond donors (Lipinski definition) is 0. The van der Waals surface area contributed by atoms with E-state index in [1.807, 2.05) is 0 Å². The summed E-state index contributed by atoms with van der Waals surface area (Å²) in [7, 11) is 0. The summed E-state index contributed by atoms with van der Waals surface area (Å²) in [6.45, 7) is 12.7. The lowest BCUT2D eigenvalue weighted by Gasteiger charge is -2.46. The van der Waals surface area contributed by atoms with Crippen LogP contribution in [0, 0.1) is 17.8 Å². The third kappa shape index (κ3) is 2.07. The van der Waals surface area contributed by atoms with E-state index in [-0.39, 0.29) is 0 Å². The van der Waals surface area contributed by atoms with Crippen molar-refractivity contribution in [3.05, 3.63) is 0 Å². The molecule has 3 atom stereocenters. The lowest BCUT2D eigenvalue weighted by molar-refractivity contribution is 0.0179. The van der Waals surface area contributed by atoms with Crippen molar-refractivity contribution < 1.29 is 4.74 Å². The highest BCUT2D eigenvalue weighted by Crippen LogP contribution is 2.38. The molecule has 2 saturated heterocycles. The Hall–Kier alpha value is -0.0800. The Labute approximate surface area is 94.0 Å². The molecule has 15 heavy (non-hydrogen) atoms. The van der Waals surface area contributed by atoms with E-state index in [4.69, 9.17) is 4.74 Å². The van der Waals surface area contributed by atoms with Crippen LogP contribution in [-0.4, -0.2) is 36.7 Å². The molecule has 0 amide bonds. The molecule has 2 heteroatoms. The van der Waals surface area contributed by atoms with Gasteiger partial charge in [0.15, 0.2) is 0 Å². The van der Waals surface area contributed by atoms with E-state index in [1.54, 1.807) is 0 Å². The molecular weight excluding hydrogens is 186 g/mol. The highest BCUT2D eigenvalue weighted by Gasteiger charge is 2.43. The number of fused-ring (bicyclic) bond motifs is 1. The van der Waals surface area contributed by atoms with Crippen LogP contribution >= 0.6 is 0 Å². The minimum Gasteiger partial charge on any atom is -0.381 e. The number of hydrogen-bond acceptors (Lipinski definition) is 2. The van der Waals surface area contributed by atoms with Crippen molar-refractivity contribution in [2.45, 2.75) is 46.2 Å². The molecule has 2 heterocycles. The van der Waals surface area contributed by atoms with Gasteiger partial charge >= 0.3 is 0 Å². The minimum atomic E-state index is 0.680. The predicted molar refractivity (Wildman–Crippen MR) is 62.9 cm³/mol. The van der Waals surface area contributed by atoms with E-state index in [1.165, 1.54) is 13.0 Å². The van der Waals surface area contributed by atoms with Gasteiger partial charge in [0, 0.05) is 24.6 Å². The molecule has 88 valence electrons. The molecule has 2 aliphatic heterocycles. The van der Waals surface area contributed by atoms with Crippen molar-refractivity contribution in [3.63, 3.8) is 0 Å². The third-order valence-electron chi connectivity index (χ3n) is 4.17. The molecule has 0 N–H and O–H groups in total. The number of likely N-dealkylation sites (tertiary alicyclic amines) is 1. The molecule has 0 radical (unpaired) electrons. The van der Waals surface area contributed by atoms with Gasteiger partial charge in [-0.2, -0.15) is 0 Å². The van der Waals surface area contributed by atoms with Crippen LogP contribution in [-0.2, 0) is 4.74 Å². The number of piperidine rings is 1. The maximum absolute atomic E-state index is 5.67. The van der Waals surface area contributed by atoms with Crippen LogP contribution in [0.25, 0.3) is 0 Å². The Kier molecular flexibility index (Phi) is 3.36. The van der Waals surface area contributed by atoms with Crippen LogP contribution in [0.1, 0.15) is 34.1 Å². The fourth-order valence-electron chi connectivity index (χ4n) is 3.48. The largest absolute Gasteiger partial charge is 0.381 e. The highest BCUT2D eigenvalue weighted by molar-refractivity contribution is 4.94. The molecule has 2 aliphatic rings. The summed E-state index contributed by atoms with van der Waals surface area (Å²) in [6.07, 6.45) is 1.34. The molecule has 0 aromatic carbocycles. The highest BCUT2D eigenvalue weighted by atomic mass is 16.5. The predicted octanol–water partition coefficient (Wildman–Crippen LogP) is 2.39. The van der Waals surface area contributed by atoms with Gasteiger partial charge in [-0.1, -0.05) is 13.8 Å². The summed E-state index contributed by atoms with van der Waals surface area (Å²) < 4.78 is 5.67. The number of rotatable bonds is 2. The lowest BCUT2D eigenvalue weighted by Crippen LogP contribution is -2.54. The first-order valence-corrected chi connectivity index (χ1v) is 6.44. The Morgan fingerprint density at radius 1 is 1.13 bits per heavy atom. The van der Waals surface area contributed by atoms with Crippen LogP contribution < -0.4 is 0 Å². The van der Waals surface area contributed by atoms with Crippen molar-refractivity contribution in [2.75, 3.05) is 19.8 Å². The van der Waals surface area contributed by atoms with Gasteiger partial charge in [-0.15, -0.1) is 0 Å². The standard InChI is InChI=1S/C13H25NO/c1-9(2)13-12-8-15-7-11(12)5-6-14(13)10(3)4/h9-13H,5-8H2,1-4H3. The van der Waals surface area contributed by atoms with Crippen molar-refractivity contribution in [3.8, 4) is 0 Å². The zero-order valence-corrected chi connectivity index (χ0v) is 10.6. The van der Waals surface area contributed by atoms with E-state index in [9.17, 15) is 0 Å². The fourth-order valence-corrected chi connectivity index (χ4v) is 3.48. The van der Waals surface area contributed by atoms with Crippen LogP contribution in [0.5, 0.6) is 0 Å². The molecule has 0 aromatic rings. The molecule has 2 rings (SSSR count). The van der Waals surface area contributed by atoms with Crippen molar-refractivity contribution in [1.82, 2.24) is 4.90 Å². The second kappa shape index (κ2) is 4.42. The van der Waals surface area contributed by atoms with Gasteiger partial charge in [0.2, 0.25) is 0 Å². The van der Waals surface area contributed by atoms with Gasteiger partial charge in [0.1, 0.15) is 0 Å². The molecule has 0 aromatic heterocycles. The second-order valence-electron chi connectivity index (χ2n) is 5.82. The van der Waals surface area contributed by atoms with Crippen molar-refractivity contribution in [2.24, 2.45) is 17.8 Å². The molecule has 0 saturated carbocycles. The summed E-state index contributed by atoms with van der Waals surface area (Å²) in [6, 6.07) is 1.42. The molecule has 0 spiro atoms. The average molecular weight is 211 g/mol. The van der Waals surface area contributed by atoms with Crippen LogP contribution in [0.3, 0.4) is 0 Å². The van der Waals surface area contributed by atoms with Crippen LogP contribution in [0.15, 0.2) is 0 Å². The van der Waals surface area contributed by atoms with Gasteiger partial charge in [0.05, 0.1) is 6.61 Å². The Morgan fingerprint density at radius 2 is 1.87 bits per heavy atom. The van der Waals surface area contributed by atoms with E-state index in [0.29, 0.717) is 6.04 Å². The van der Waals surface area contributed by atoms with Gasteiger partial charge in [-0.3, -0.25) is 4.90 Å². The Balaban J connectivity index is 2.14. The summed E-state index contributed by atoms with van der Waals surface area (Å²) >= 11 is 0. The first-order chi connectivity index (χ1) is 7.11. The van der Waals surface area contributed by atoms with E-state index in [0.717, 1.165) is 37.0 Å². The topological polar surface area (TPSA) is 12.5 Å². The zero-order valence-electron chi connectivity index (χ0n) is 10.6. The lowest BCUT2D eigenvalue weighted by atomic mass is 9.77. The molecule has 2 fully saturated rings. The molecule has 2 nitrogen and oxygen atoms in total. The molecule has 0 aliphatic carbocycles. The van der Waals surface area contributed by atoms with E-state index < -0.39 is 0 Å². The summed E-state index contributed by atoms with van der Waals surface area (Å²) in [5, 5.41) is 0. The minimum absolute atomic E-state index is 0.680. The summed E-state index contributed by atoms with van der Waals surface area (Å²) in [5.41, 5.74) is 0. The quantitative estimate of drug-likeness (QED) is 0.695. The average Bonchev–Trinajstić information content (AvgIpc) is 2.62. The molecule has 0 bridgehead atoms. The zero-order chi connectivity index (χ0) is 11.0. The van der Waals surface area contributed by atoms with Crippen LogP contribution in [0.4, 0.5) is 0 Å². The monoisotopic (exact) mass is 211 g/mol. The summed E-state index contributed by atoms with van der Waals surface area (Å²) in [5.74, 6) is 2.38. The van der Waals surface area contributed by atoms with Crippen LogP contribution in [0.2, 0.25) is 0 Å². The maximum Gasteiger partial charge on any atom is 0.0513 e. The normalized spacial score (nSPS) is 37.6. The van der Waals surface area contributed by atoms with Crippen molar-refractivity contribution >= 4 is 0 Å². The first-order valence-electron chi connectivity index (χ1n) is 6.44. The van der Waals surface area contributed by atoms with Gasteiger partial charge < -0.3 is 4.74 Å². The summed E-state index contributed by atoms with van der Waals surface area (Å²) in [4.78, 5) is 2.69. The number of nitrogens with zero attached hydrogens (tertiary/aromatic N) is 1.